The summed E-state index contributed by atoms with van der Waals surface area (Å²) in [5.74, 6) is 1.99. The summed E-state index contributed by atoms with van der Waals surface area (Å²) >= 11 is 0. The van der Waals surface area contributed by atoms with E-state index >= 15 is 0 Å². The van der Waals surface area contributed by atoms with E-state index in [1.165, 1.54) is 83.5 Å². The second-order valence-electron chi connectivity index (χ2n) is 7.59. The van der Waals surface area contributed by atoms with E-state index in [1.807, 2.05) is 0 Å². The van der Waals surface area contributed by atoms with Crippen molar-refractivity contribution in [1.29, 1.82) is 0 Å². The number of allylic oxidation sites excluding steroid dienone is 2. The minimum absolute atomic E-state index is 0. The second-order valence-corrected chi connectivity index (χ2v) is 10.3. The lowest BCUT2D eigenvalue weighted by molar-refractivity contribution is -0.137. The molecule has 1 unspecified atom stereocenters. The lowest BCUT2D eigenvalue weighted by Gasteiger charge is -2.03. The summed E-state index contributed by atoms with van der Waals surface area (Å²) in [7, 11) is 0.00805. The fraction of sp³-hybridized carbons (Fsp3) is 0.818. The molecule has 1 rings (SSSR count). The maximum absolute atomic E-state index is 10.4. The van der Waals surface area contributed by atoms with Crippen LogP contribution in [-0.4, -0.2) is 29.2 Å². The number of rotatable bonds is 17. The molecule has 0 aromatic heterocycles. The molecule has 0 radical (unpaired) electrons. The number of aliphatic carboxylic acids is 1. The van der Waals surface area contributed by atoms with Gasteiger partial charge in [0.25, 0.3) is 0 Å². The lowest BCUT2D eigenvalue weighted by atomic mass is 10.1. The Kier molecular flexibility index (Phi) is 18.8. The number of carbonyl (C=O) groups is 1. The Balaban J connectivity index is 0.00000625. The van der Waals surface area contributed by atoms with Crippen molar-refractivity contribution < 1.29 is 9.90 Å². The van der Waals surface area contributed by atoms with Gasteiger partial charge in [-0.3, -0.25) is 4.79 Å². The average Bonchev–Trinajstić information content (AvgIpc) is 3.11. The van der Waals surface area contributed by atoms with Crippen molar-refractivity contribution >= 4 is 19.3 Å². The molecule has 0 amide bonds. The van der Waals surface area contributed by atoms with Gasteiger partial charge >= 0.3 is 5.97 Å². The Hall–Kier alpha value is -0.530. The maximum atomic E-state index is 10.4. The van der Waals surface area contributed by atoms with Crippen LogP contribution in [0.2, 0.25) is 0 Å². The van der Waals surface area contributed by atoms with Gasteiger partial charge in [-0.05, 0) is 63.7 Å². The van der Waals surface area contributed by atoms with Crippen molar-refractivity contribution in [3.8, 4) is 0 Å². The SMILES string of the molecule is N.O=C(O)CCCCCCCC=CCCCCCCCC[PH]1=CCCC1. The Bertz CT molecular complexity index is 394. The fourth-order valence-electron chi connectivity index (χ4n) is 3.59. The Morgan fingerprint density at radius 3 is 1.92 bits per heavy atom. The van der Waals surface area contributed by atoms with Gasteiger partial charge in [0.15, 0.2) is 0 Å². The molecule has 0 saturated carbocycles. The molecular weight excluding hydrogens is 341 g/mol. The van der Waals surface area contributed by atoms with Gasteiger partial charge in [0, 0.05) is 6.42 Å². The largest absolute Gasteiger partial charge is 0.481 e. The van der Waals surface area contributed by atoms with Gasteiger partial charge in [-0.2, -0.15) is 0 Å². The summed E-state index contributed by atoms with van der Waals surface area (Å²) < 4.78 is 0. The average molecular weight is 386 g/mol. The van der Waals surface area contributed by atoms with Crippen molar-refractivity contribution in [3.63, 3.8) is 0 Å². The number of hydrogen-bond acceptors (Lipinski definition) is 2. The van der Waals surface area contributed by atoms with Crippen LogP contribution in [0.3, 0.4) is 0 Å². The highest BCUT2D eigenvalue weighted by atomic mass is 31.1. The van der Waals surface area contributed by atoms with Gasteiger partial charge in [0.05, 0.1) is 0 Å². The van der Waals surface area contributed by atoms with E-state index in [2.05, 4.69) is 17.9 Å². The highest BCUT2D eigenvalue weighted by Gasteiger charge is 2.02. The molecule has 1 aliphatic rings. The molecule has 26 heavy (non-hydrogen) atoms. The molecule has 3 nitrogen and oxygen atoms in total. The van der Waals surface area contributed by atoms with E-state index in [0.29, 0.717) is 6.42 Å². The van der Waals surface area contributed by atoms with Gasteiger partial charge in [-0.25, -0.2) is 0 Å². The molecule has 0 aromatic rings. The van der Waals surface area contributed by atoms with Gasteiger partial charge < -0.3 is 11.3 Å². The molecule has 0 aliphatic carbocycles. The first-order chi connectivity index (χ1) is 12.3. The standard InChI is InChI=1S/C22H41O2P.H3N/c23-22(24)18-14-12-10-8-6-4-2-1-3-5-7-9-11-13-15-19-25-20-16-17-21-25;/h1-2,20,25H,3-19,21H2,(H,23,24);1H3. The summed E-state index contributed by atoms with van der Waals surface area (Å²) in [6.45, 7) is 0. The lowest BCUT2D eigenvalue weighted by Crippen LogP contribution is -1.93. The molecular formula is C22H44NO2P. The Morgan fingerprint density at radius 1 is 0.846 bits per heavy atom. The van der Waals surface area contributed by atoms with Gasteiger partial charge in [0.1, 0.15) is 0 Å². The first-order valence-electron chi connectivity index (χ1n) is 10.8. The van der Waals surface area contributed by atoms with Crippen molar-refractivity contribution in [3.05, 3.63) is 12.2 Å². The van der Waals surface area contributed by atoms with E-state index in [-0.39, 0.29) is 13.7 Å². The van der Waals surface area contributed by atoms with Crippen LogP contribution in [0, 0.1) is 0 Å². The van der Waals surface area contributed by atoms with Gasteiger partial charge in [-0.1, -0.05) is 62.9 Å². The molecule has 0 fully saturated rings. The normalized spacial score (nSPS) is 16.5. The molecule has 1 atom stereocenters. The molecule has 0 saturated heterocycles. The van der Waals surface area contributed by atoms with Gasteiger partial charge in [0.2, 0.25) is 0 Å². The van der Waals surface area contributed by atoms with Crippen LogP contribution in [0.1, 0.15) is 103 Å². The van der Waals surface area contributed by atoms with Crippen LogP contribution in [0.25, 0.3) is 0 Å². The third-order valence-corrected chi connectivity index (χ3v) is 8.04. The van der Waals surface area contributed by atoms with Crippen LogP contribution in [0.15, 0.2) is 12.2 Å². The van der Waals surface area contributed by atoms with Crippen molar-refractivity contribution in [2.45, 2.75) is 103 Å². The zero-order valence-electron chi connectivity index (χ0n) is 17.0. The summed E-state index contributed by atoms with van der Waals surface area (Å²) in [4.78, 5) is 10.4. The minimum atomic E-state index is -0.660. The van der Waals surface area contributed by atoms with Crippen LogP contribution in [-0.2, 0) is 4.79 Å². The summed E-state index contributed by atoms with van der Waals surface area (Å²) in [5.41, 5.74) is 0. The monoisotopic (exact) mass is 385 g/mol. The van der Waals surface area contributed by atoms with Crippen molar-refractivity contribution in [1.82, 2.24) is 6.15 Å². The van der Waals surface area contributed by atoms with E-state index in [9.17, 15) is 4.79 Å². The third-order valence-electron chi connectivity index (χ3n) is 5.18. The predicted molar refractivity (Wildman–Crippen MR) is 120 cm³/mol. The number of unbranched alkanes of at least 4 members (excludes halogenated alkanes) is 11. The fourth-order valence-corrected chi connectivity index (χ4v) is 6.22. The van der Waals surface area contributed by atoms with E-state index in [0.717, 1.165) is 12.8 Å². The quantitative estimate of drug-likeness (QED) is 0.160. The smallest absolute Gasteiger partial charge is 0.303 e. The first-order valence-corrected chi connectivity index (χ1v) is 12.8. The van der Waals surface area contributed by atoms with Crippen molar-refractivity contribution in [2.75, 3.05) is 12.3 Å². The minimum Gasteiger partial charge on any atom is -0.481 e. The zero-order valence-corrected chi connectivity index (χ0v) is 18.0. The Labute approximate surface area is 163 Å². The Morgan fingerprint density at radius 2 is 1.38 bits per heavy atom. The van der Waals surface area contributed by atoms with Gasteiger partial charge in [-0.15, -0.1) is 7.55 Å². The summed E-state index contributed by atoms with van der Waals surface area (Å²) in [6, 6.07) is 0. The third kappa shape index (κ3) is 16.9. The van der Waals surface area contributed by atoms with E-state index in [4.69, 9.17) is 5.11 Å². The predicted octanol–water partition coefficient (Wildman–Crippen LogP) is 7.06. The molecule has 154 valence electrons. The molecule has 0 bridgehead atoms. The molecule has 1 heterocycles. The maximum Gasteiger partial charge on any atom is 0.303 e. The van der Waals surface area contributed by atoms with E-state index in [1.54, 1.807) is 12.3 Å². The van der Waals surface area contributed by atoms with Crippen LogP contribution in [0.5, 0.6) is 0 Å². The van der Waals surface area contributed by atoms with Crippen molar-refractivity contribution in [2.24, 2.45) is 0 Å². The highest BCUT2D eigenvalue weighted by molar-refractivity contribution is 7.57. The number of carboxylic acid groups (broad SMARTS) is 1. The van der Waals surface area contributed by atoms with Crippen LogP contribution in [0.4, 0.5) is 0 Å². The number of carboxylic acids is 1. The first kappa shape index (κ1) is 25.5. The highest BCUT2D eigenvalue weighted by Crippen LogP contribution is 2.31. The molecule has 4 heteroatoms. The number of hydrogen-bond donors (Lipinski definition) is 2. The summed E-state index contributed by atoms with van der Waals surface area (Å²) in [5, 5.41) is 8.56. The van der Waals surface area contributed by atoms with Crippen LogP contribution < -0.4 is 6.15 Å². The summed E-state index contributed by atoms with van der Waals surface area (Å²) in [6.07, 6.45) is 27.6. The van der Waals surface area contributed by atoms with E-state index < -0.39 is 5.97 Å². The van der Waals surface area contributed by atoms with Crippen LogP contribution >= 0.6 is 7.55 Å². The topological polar surface area (TPSA) is 72.3 Å². The second kappa shape index (κ2) is 19.2. The molecule has 0 spiro atoms. The molecule has 1 aliphatic heterocycles. The zero-order chi connectivity index (χ0) is 18.0. The molecule has 4 N–H and O–H groups in total. The molecule has 0 aromatic carbocycles.